The minimum atomic E-state index is -0.261. The van der Waals surface area contributed by atoms with Gasteiger partial charge in [-0.3, -0.25) is 14.7 Å². The second kappa shape index (κ2) is 5.70. The molecule has 1 unspecified atom stereocenters. The van der Waals surface area contributed by atoms with Gasteiger partial charge in [0.1, 0.15) is 11.5 Å². The molecule has 0 saturated carbocycles. The number of fused-ring (bicyclic) bond motifs is 1. The van der Waals surface area contributed by atoms with E-state index < -0.39 is 0 Å². The molecule has 4 N–H and O–H groups in total. The third-order valence-corrected chi connectivity index (χ3v) is 4.74. The van der Waals surface area contributed by atoms with E-state index in [2.05, 4.69) is 10.2 Å². The molecule has 128 valence electrons. The first-order chi connectivity index (χ1) is 12.0. The van der Waals surface area contributed by atoms with Crippen LogP contribution in [0, 0.1) is 0 Å². The molecule has 1 saturated heterocycles. The summed E-state index contributed by atoms with van der Waals surface area (Å²) in [5, 5.41) is 26.6. The molecule has 0 radical (unpaired) electrons. The van der Waals surface area contributed by atoms with Crippen LogP contribution >= 0.6 is 0 Å². The van der Waals surface area contributed by atoms with E-state index in [0.717, 1.165) is 17.5 Å². The number of H-pyrrole nitrogens is 2. The van der Waals surface area contributed by atoms with Gasteiger partial charge in [-0.25, -0.2) is 0 Å². The van der Waals surface area contributed by atoms with E-state index in [9.17, 15) is 19.8 Å². The normalized spacial score (nSPS) is 17.3. The van der Waals surface area contributed by atoms with Gasteiger partial charge in [0.15, 0.2) is 0 Å². The zero-order valence-corrected chi connectivity index (χ0v) is 13.3. The van der Waals surface area contributed by atoms with Crippen molar-refractivity contribution in [3.05, 3.63) is 58.0 Å². The SMILES string of the molecule is O=C(c1ccc2ccc(O)cc2c1O)N1CCC(c2cc(=O)[nH][nH]2)C1. The molecule has 1 atom stereocenters. The minimum absolute atomic E-state index is 0.0325. The summed E-state index contributed by atoms with van der Waals surface area (Å²) in [7, 11) is 0. The Morgan fingerprint density at radius 2 is 1.92 bits per heavy atom. The second-order valence-corrected chi connectivity index (χ2v) is 6.32. The van der Waals surface area contributed by atoms with Gasteiger partial charge in [-0.2, -0.15) is 0 Å². The molecule has 1 aromatic heterocycles. The summed E-state index contributed by atoms with van der Waals surface area (Å²) in [6.07, 6.45) is 0.745. The van der Waals surface area contributed by atoms with Crippen LogP contribution in [0.1, 0.15) is 28.4 Å². The van der Waals surface area contributed by atoms with Crippen LogP contribution in [-0.2, 0) is 0 Å². The number of nitrogens with zero attached hydrogens (tertiary/aromatic N) is 1. The molecular formula is C18H17N3O4. The lowest BCUT2D eigenvalue weighted by Crippen LogP contribution is -2.28. The number of hydrogen-bond acceptors (Lipinski definition) is 4. The van der Waals surface area contributed by atoms with E-state index in [1.54, 1.807) is 23.1 Å². The smallest absolute Gasteiger partial charge is 0.264 e. The fourth-order valence-electron chi connectivity index (χ4n) is 3.40. The van der Waals surface area contributed by atoms with Crippen molar-refractivity contribution in [1.82, 2.24) is 15.1 Å². The lowest BCUT2D eigenvalue weighted by atomic mass is 10.0. The van der Waals surface area contributed by atoms with Crippen molar-refractivity contribution in [2.45, 2.75) is 12.3 Å². The third kappa shape index (κ3) is 2.63. The second-order valence-electron chi connectivity index (χ2n) is 6.32. The Labute approximate surface area is 142 Å². The molecule has 0 bridgehead atoms. The molecule has 2 heterocycles. The Balaban J connectivity index is 1.62. The summed E-state index contributed by atoms with van der Waals surface area (Å²) in [4.78, 5) is 25.7. The van der Waals surface area contributed by atoms with Crippen molar-refractivity contribution in [3.63, 3.8) is 0 Å². The van der Waals surface area contributed by atoms with Crippen molar-refractivity contribution < 1.29 is 15.0 Å². The number of hydrogen-bond donors (Lipinski definition) is 4. The highest BCUT2D eigenvalue weighted by Crippen LogP contribution is 2.33. The maximum atomic E-state index is 12.8. The Bertz CT molecular complexity index is 1020. The first-order valence-electron chi connectivity index (χ1n) is 8.04. The summed E-state index contributed by atoms with van der Waals surface area (Å²) in [5.41, 5.74) is 0.807. The maximum absolute atomic E-state index is 12.8. The van der Waals surface area contributed by atoms with Crippen LogP contribution in [0.15, 0.2) is 41.2 Å². The molecular weight excluding hydrogens is 322 g/mol. The number of aromatic amines is 2. The molecule has 2 aromatic carbocycles. The predicted octanol–water partition coefficient (Wildman–Crippen LogP) is 1.90. The lowest BCUT2D eigenvalue weighted by Gasteiger charge is -2.17. The Hall–Kier alpha value is -3.22. The van der Waals surface area contributed by atoms with Gasteiger partial charge in [-0.15, -0.1) is 0 Å². The summed E-state index contributed by atoms with van der Waals surface area (Å²) < 4.78 is 0. The number of rotatable bonds is 2. The summed E-state index contributed by atoms with van der Waals surface area (Å²) in [6.45, 7) is 1.03. The monoisotopic (exact) mass is 339 g/mol. The molecule has 1 fully saturated rings. The van der Waals surface area contributed by atoms with Crippen molar-refractivity contribution in [3.8, 4) is 11.5 Å². The Morgan fingerprint density at radius 1 is 1.12 bits per heavy atom. The third-order valence-electron chi connectivity index (χ3n) is 4.74. The predicted molar refractivity (Wildman–Crippen MR) is 92.0 cm³/mol. The maximum Gasteiger partial charge on any atom is 0.264 e. The Kier molecular flexibility index (Phi) is 3.49. The molecule has 1 aliphatic rings. The van der Waals surface area contributed by atoms with Gasteiger partial charge >= 0.3 is 0 Å². The van der Waals surface area contributed by atoms with Crippen LogP contribution in [0.25, 0.3) is 10.8 Å². The number of phenolic OH excluding ortho intramolecular Hbond substituents is 2. The largest absolute Gasteiger partial charge is 0.508 e. The molecule has 7 nitrogen and oxygen atoms in total. The first-order valence-corrected chi connectivity index (χ1v) is 8.04. The zero-order chi connectivity index (χ0) is 17.6. The van der Waals surface area contributed by atoms with E-state index >= 15 is 0 Å². The number of amides is 1. The fourth-order valence-corrected chi connectivity index (χ4v) is 3.40. The van der Waals surface area contributed by atoms with Crippen LogP contribution in [0.4, 0.5) is 0 Å². The lowest BCUT2D eigenvalue weighted by molar-refractivity contribution is 0.0788. The van der Waals surface area contributed by atoms with Gasteiger partial charge < -0.3 is 20.2 Å². The van der Waals surface area contributed by atoms with Gasteiger partial charge in [0.2, 0.25) is 0 Å². The highest BCUT2D eigenvalue weighted by Gasteiger charge is 2.30. The number of aromatic hydroxyl groups is 2. The minimum Gasteiger partial charge on any atom is -0.508 e. The zero-order valence-electron chi connectivity index (χ0n) is 13.3. The molecule has 0 aliphatic carbocycles. The van der Waals surface area contributed by atoms with Gasteiger partial charge in [-0.1, -0.05) is 12.1 Å². The van der Waals surface area contributed by atoms with Gasteiger partial charge in [0.25, 0.3) is 11.5 Å². The fraction of sp³-hybridized carbons (Fsp3) is 0.222. The van der Waals surface area contributed by atoms with E-state index in [1.807, 2.05) is 0 Å². The number of carbonyl (C=O) groups is 1. The summed E-state index contributed by atoms with van der Waals surface area (Å²) in [5.74, 6) is -0.292. The molecule has 4 rings (SSSR count). The van der Waals surface area contributed by atoms with Crippen LogP contribution < -0.4 is 5.56 Å². The highest BCUT2D eigenvalue weighted by molar-refractivity contribution is 6.04. The van der Waals surface area contributed by atoms with Crippen LogP contribution in [-0.4, -0.2) is 44.3 Å². The van der Waals surface area contributed by atoms with Crippen molar-refractivity contribution in [2.75, 3.05) is 13.1 Å². The number of nitrogens with one attached hydrogen (secondary N) is 2. The van der Waals surface area contributed by atoms with Crippen LogP contribution in [0.3, 0.4) is 0 Å². The molecule has 1 aliphatic heterocycles. The van der Waals surface area contributed by atoms with Gasteiger partial charge in [0, 0.05) is 36.2 Å². The molecule has 0 spiro atoms. The van der Waals surface area contributed by atoms with Gasteiger partial charge in [-0.05, 0) is 30.0 Å². The first kappa shape index (κ1) is 15.3. The van der Waals surface area contributed by atoms with Crippen LogP contribution in [0.2, 0.25) is 0 Å². The molecule has 7 heteroatoms. The highest BCUT2D eigenvalue weighted by atomic mass is 16.3. The van der Waals surface area contributed by atoms with Gasteiger partial charge in [0.05, 0.1) is 5.56 Å². The number of carbonyl (C=O) groups excluding carboxylic acids is 1. The molecule has 1 amide bonds. The van der Waals surface area contributed by atoms with E-state index in [-0.39, 0.29) is 34.4 Å². The van der Waals surface area contributed by atoms with E-state index in [4.69, 9.17) is 0 Å². The molecule has 25 heavy (non-hydrogen) atoms. The quantitative estimate of drug-likeness (QED) is 0.571. The number of aromatic nitrogens is 2. The van der Waals surface area contributed by atoms with E-state index in [1.165, 1.54) is 18.2 Å². The van der Waals surface area contributed by atoms with Crippen molar-refractivity contribution in [2.24, 2.45) is 0 Å². The number of likely N-dealkylation sites (tertiary alicyclic amines) is 1. The summed E-state index contributed by atoms with van der Waals surface area (Å²) in [6, 6.07) is 9.52. The average Bonchev–Trinajstić information content (AvgIpc) is 3.24. The van der Waals surface area contributed by atoms with Crippen molar-refractivity contribution in [1.29, 1.82) is 0 Å². The van der Waals surface area contributed by atoms with Crippen LogP contribution in [0.5, 0.6) is 11.5 Å². The Morgan fingerprint density at radius 3 is 2.68 bits per heavy atom. The topological polar surface area (TPSA) is 109 Å². The van der Waals surface area contributed by atoms with E-state index in [0.29, 0.717) is 18.5 Å². The standard InChI is InChI=1S/C18H17N3O4/c22-12-3-1-10-2-4-13(17(24)14(10)7-12)18(25)21-6-5-11(9-21)15-8-16(23)20-19-15/h1-4,7-8,11,22,24H,5-6,9H2,(H2,19,20,23). The summed E-state index contributed by atoms with van der Waals surface area (Å²) >= 11 is 0. The van der Waals surface area contributed by atoms with Crippen molar-refractivity contribution >= 4 is 16.7 Å². The number of phenols is 2. The molecule has 3 aromatic rings. The average molecular weight is 339 g/mol. The number of benzene rings is 2.